The van der Waals surface area contributed by atoms with Crippen molar-refractivity contribution in [2.75, 3.05) is 31.2 Å². The molecule has 8 heteroatoms. The van der Waals surface area contributed by atoms with Crippen molar-refractivity contribution in [2.24, 2.45) is 11.1 Å². The van der Waals surface area contributed by atoms with Gasteiger partial charge in [-0.3, -0.25) is 4.79 Å². The predicted octanol–water partition coefficient (Wildman–Crippen LogP) is 1.73. The molecule has 1 heterocycles. The lowest BCUT2D eigenvalue weighted by Gasteiger charge is -2.30. The molecule has 1 aliphatic rings. The highest BCUT2D eigenvalue weighted by molar-refractivity contribution is 7.89. The first-order valence-corrected chi connectivity index (χ1v) is 10.5. The Morgan fingerprint density at radius 3 is 2.46 bits per heavy atom. The van der Waals surface area contributed by atoms with Gasteiger partial charge in [-0.2, -0.15) is 0 Å². The van der Waals surface area contributed by atoms with Crippen LogP contribution in [0.25, 0.3) is 0 Å². The molecule has 0 aliphatic carbocycles. The molecule has 0 saturated carbocycles. The first-order chi connectivity index (χ1) is 12.2. The van der Waals surface area contributed by atoms with Gasteiger partial charge < -0.3 is 15.0 Å². The monoisotopic (exact) mass is 383 g/mol. The third-order valence-electron chi connectivity index (χ3n) is 4.45. The van der Waals surface area contributed by atoms with Gasteiger partial charge in [0.1, 0.15) is 0 Å². The lowest BCUT2D eigenvalue weighted by atomic mass is 10.0. The van der Waals surface area contributed by atoms with E-state index in [1.807, 2.05) is 11.8 Å². The van der Waals surface area contributed by atoms with Crippen LogP contribution in [0.4, 0.5) is 5.69 Å². The number of rotatable bonds is 7. The molecule has 0 radical (unpaired) electrons. The smallest absolute Gasteiger partial charge is 0.253 e. The largest absolute Gasteiger partial charge is 0.378 e. The van der Waals surface area contributed by atoms with Crippen LogP contribution in [-0.4, -0.2) is 46.7 Å². The van der Waals surface area contributed by atoms with Crippen LogP contribution in [0.2, 0.25) is 0 Å². The Morgan fingerprint density at radius 2 is 1.88 bits per heavy atom. The van der Waals surface area contributed by atoms with Crippen molar-refractivity contribution in [1.29, 1.82) is 0 Å². The number of carbonyl (C=O) groups excluding carboxylic acids is 1. The number of hydrogen-bond donors (Lipinski definition) is 2. The zero-order chi connectivity index (χ0) is 19.3. The average molecular weight is 384 g/mol. The first-order valence-electron chi connectivity index (χ1n) is 8.99. The highest BCUT2D eigenvalue weighted by Crippen LogP contribution is 2.25. The van der Waals surface area contributed by atoms with Gasteiger partial charge in [0.05, 0.1) is 23.7 Å². The number of amides is 1. The second-order valence-corrected chi connectivity index (χ2v) is 8.73. The van der Waals surface area contributed by atoms with E-state index in [-0.39, 0.29) is 16.8 Å². The van der Waals surface area contributed by atoms with Gasteiger partial charge in [0.25, 0.3) is 5.91 Å². The lowest BCUT2D eigenvalue weighted by molar-refractivity contribution is 0.0935. The molecule has 0 bridgehead atoms. The fourth-order valence-corrected chi connectivity index (χ4v) is 3.45. The molecule has 1 aromatic carbocycles. The summed E-state index contributed by atoms with van der Waals surface area (Å²) in [6.07, 6.45) is 1.88. The molecule has 1 atom stereocenters. The molecule has 1 saturated heterocycles. The summed E-state index contributed by atoms with van der Waals surface area (Å²) in [6.45, 7) is 8.68. The van der Waals surface area contributed by atoms with Gasteiger partial charge in [-0.15, -0.1) is 0 Å². The van der Waals surface area contributed by atoms with E-state index in [1.54, 1.807) is 6.07 Å². The number of primary sulfonamides is 1. The predicted molar refractivity (Wildman–Crippen MR) is 102 cm³/mol. The Balaban J connectivity index is 2.28. The Morgan fingerprint density at radius 1 is 1.23 bits per heavy atom. The maximum absolute atomic E-state index is 12.8. The van der Waals surface area contributed by atoms with Gasteiger partial charge >= 0.3 is 0 Å². The summed E-state index contributed by atoms with van der Waals surface area (Å²) in [6, 6.07) is 4.46. The summed E-state index contributed by atoms with van der Waals surface area (Å²) in [7, 11) is -3.88. The van der Waals surface area contributed by atoms with Crippen LogP contribution in [0.15, 0.2) is 23.1 Å². The molecule has 1 aliphatic heterocycles. The number of hydrogen-bond acceptors (Lipinski definition) is 5. The molecule has 0 aromatic heterocycles. The number of anilines is 1. The summed E-state index contributed by atoms with van der Waals surface area (Å²) in [5, 5.41) is 8.22. The number of ether oxygens (including phenoxy) is 1. The minimum absolute atomic E-state index is 0.000536. The molecular weight excluding hydrogens is 354 g/mol. The van der Waals surface area contributed by atoms with Crippen LogP contribution in [-0.2, 0) is 14.8 Å². The van der Waals surface area contributed by atoms with Gasteiger partial charge in [0.15, 0.2) is 0 Å². The Bertz CT molecular complexity index is 728. The Hall–Kier alpha value is -1.64. The van der Waals surface area contributed by atoms with Crippen molar-refractivity contribution in [3.8, 4) is 0 Å². The number of sulfonamides is 1. The molecular formula is C18H29N3O4S. The molecule has 1 aromatic rings. The summed E-state index contributed by atoms with van der Waals surface area (Å²) in [4.78, 5) is 14.8. The van der Waals surface area contributed by atoms with Crippen LogP contribution in [0.3, 0.4) is 0 Å². The van der Waals surface area contributed by atoms with E-state index in [2.05, 4.69) is 19.2 Å². The van der Waals surface area contributed by atoms with E-state index in [0.29, 0.717) is 43.5 Å². The van der Waals surface area contributed by atoms with Crippen LogP contribution >= 0.6 is 0 Å². The van der Waals surface area contributed by atoms with E-state index in [1.165, 1.54) is 12.1 Å². The topological polar surface area (TPSA) is 102 Å². The Kier molecular flexibility index (Phi) is 7.02. The van der Waals surface area contributed by atoms with Crippen molar-refractivity contribution < 1.29 is 17.9 Å². The number of nitrogens with two attached hydrogens (primary N) is 1. The van der Waals surface area contributed by atoms with Gasteiger partial charge in [-0.1, -0.05) is 13.8 Å². The third-order valence-corrected chi connectivity index (χ3v) is 5.36. The zero-order valence-corrected chi connectivity index (χ0v) is 16.5. The van der Waals surface area contributed by atoms with Crippen molar-refractivity contribution >= 4 is 21.6 Å². The van der Waals surface area contributed by atoms with Crippen molar-refractivity contribution in [1.82, 2.24) is 5.32 Å². The fourth-order valence-electron chi connectivity index (χ4n) is 2.91. The minimum Gasteiger partial charge on any atom is -0.378 e. The Labute approximate surface area is 155 Å². The molecule has 1 amide bonds. The summed E-state index contributed by atoms with van der Waals surface area (Å²) < 4.78 is 28.8. The first kappa shape index (κ1) is 20.7. The molecule has 146 valence electrons. The third kappa shape index (κ3) is 5.69. The standard InChI is InChI=1S/C18H29N3O4S/c1-13(2)4-5-14(3)20-18(22)16-12-15(26(19,23)24)6-7-17(16)21-8-10-25-11-9-21/h6-7,12-14H,4-5,8-11H2,1-3H3,(H,20,22)(H2,19,23,24)/t14-/m1/s1. The van der Waals surface area contributed by atoms with Crippen LogP contribution in [0, 0.1) is 5.92 Å². The highest BCUT2D eigenvalue weighted by atomic mass is 32.2. The van der Waals surface area contributed by atoms with Gasteiger partial charge in [-0.25, -0.2) is 13.6 Å². The normalized spacial score (nSPS) is 16.6. The number of nitrogens with one attached hydrogen (secondary N) is 1. The van der Waals surface area contributed by atoms with Crippen LogP contribution in [0.5, 0.6) is 0 Å². The molecule has 3 N–H and O–H groups in total. The molecule has 1 fully saturated rings. The van der Waals surface area contributed by atoms with E-state index in [9.17, 15) is 13.2 Å². The second-order valence-electron chi connectivity index (χ2n) is 7.17. The SMILES string of the molecule is CC(C)CC[C@@H](C)NC(=O)c1cc(S(N)(=O)=O)ccc1N1CCOCC1. The van der Waals surface area contributed by atoms with Crippen molar-refractivity contribution in [3.63, 3.8) is 0 Å². The van der Waals surface area contributed by atoms with Crippen LogP contribution in [0.1, 0.15) is 44.0 Å². The maximum Gasteiger partial charge on any atom is 0.253 e. The second kappa shape index (κ2) is 8.83. The zero-order valence-electron chi connectivity index (χ0n) is 15.7. The number of nitrogens with zero attached hydrogens (tertiary/aromatic N) is 1. The van der Waals surface area contributed by atoms with E-state index in [4.69, 9.17) is 9.88 Å². The van der Waals surface area contributed by atoms with E-state index >= 15 is 0 Å². The summed E-state index contributed by atoms with van der Waals surface area (Å²) in [5.74, 6) is 0.275. The van der Waals surface area contributed by atoms with Gasteiger partial charge in [0.2, 0.25) is 10.0 Å². The van der Waals surface area contributed by atoms with Crippen molar-refractivity contribution in [2.45, 2.75) is 44.6 Å². The van der Waals surface area contributed by atoms with Crippen molar-refractivity contribution in [3.05, 3.63) is 23.8 Å². The quantitative estimate of drug-likeness (QED) is 0.746. The summed E-state index contributed by atoms with van der Waals surface area (Å²) >= 11 is 0. The maximum atomic E-state index is 12.8. The average Bonchev–Trinajstić information content (AvgIpc) is 2.59. The summed E-state index contributed by atoms with van der Waals surface area (Å²) in [5.41, 5.74) is 1.03. The van der Waals surface area contributed by atoms with Gasteiger partial charge in [-0.05, 0) is 43.9 Å². The van der Waals surface area contributed by atoms with Gasteiger partial charge in [0, 0.05) is 24.8 Å². The molecule has 26 heavy (non-hydrogen) atoms. The van der Waals surface area contributed by atoms with Crippen LogP contribution < -0.4 is 15.4 Å². The van der Waals surface area contributed by atoms with E-state index < -0.39 is 10.0 Å². The molecule has 0 unspecified atom stereocenters. The van der Waals surface area contributed by atoms with E-state index in [0.717, 1.165) is 12.8 Å². The number of benzene rings is 1. The molecule has 2 rings (SSSR count). The lowest BCUT2D eigenvalue weighted by Crippen LogP contribution is -2.39. The fraction of sp³-hybridized carbons (Fsp3) is 0.611. The number of morpholine rings is 1. The number of carbonyl (C=O) groups is 1. The minimum atomic E-state index is -3.88. The molecule has 7 nitrogen and oxygen atoms in total. The molecule has 0 spiro atoms. The highest BCUT2D eigenvalue weighted by Gasteiger charge is 2.22.